The van der Waals surface area contributed by atoms with Crippen LogP contribution < -0.4 is 0 Å². The topological polar surface area (TPSA) is 23.5 Å². The van der Waals surface area contributed by atoms with E-state index >= 15 is 0 Å². The minimum atomic E-state index is -0.771. The summed E-state index contributed by atoms with van der Waals surface area (Å²) in [7, 11) is 2.06. The second-order valence-corrected chi connectivity index (χ2v) is 6.21. The Bertz CT molecular complexity index is 426. The van der Waals surface area contributed by atoms with E-state index in [0.29, 0.717) is 18.4 Å². The van der Waals surface area contributed by atoms with Gasteiger partial charge in [-0.25, -0.2) is 4.39 Å². The molecule has 4 heteroatoms. The quantitative estimate of drug-likeness (QED) is 0.907. The molecule has 1 atom stereocenters. The molecule has 2 rings (SSSR count). The third-order valence-electron chi connectivity index (χ3n) is 3.67. The molecule has 1 saturated heterocycles. The number of nitrogens with zero attached hydrogens (tertiary/aromatic N) is 1. The first kappa shape index (κ1) is 14.0. The Balaban J connectivity index is 2.13. The smallest absolute Gasteiger partial charge is 0.126 e. The zero-order valence-corrected chi connectivity index (χ0v) is 12.2. The summed E-state index contributed by atoms with van der Waals surface area (Å²) in [4.78, 5) is 2.22. The lowest BCUT2D eigenvalue weighted by Gasteiger charge is -2.27. The third kappa shape index (κ3) is 3.53. The summed E-state index contributed by atoms with van der Waals surface area (Å²) in [6.45, 7) is 1.87. The van der Waals surface area contributed by atoms with Crippen LogP contribution in [0.15, 0.2) is 22.7 Å². The molecule has 1 fully saturated rings. The van der Waals surface area contributed by atoms with Gasteiger partial charge in [-0.3, -0.25) is 0 Å². The maximum atomic E-state index is 13.7. The van der Waals surface area contributed by atoms with Crippen molar-refractivity contribution in [1.29, 1.82) is 0 Å². The van der Waals surface area contributed by atoms with Crippen molar-refractivity contribution < 1.29 is 9.50 Å². The second-order valence-electron chi connectivity index (χ2n) is 5.29. The Morgan fingerprint density at radius 3 is 2.94 bits per heavy atom. The Morgan fingerprint density at radius 2 is 2.17 bits per heavy atom. The van der Waals surface area contributed by atoms with Gasteiger partial charge in [-0.1, -0.05) is 15.9 Å². The van der Waals surface area contributed by atoms with Gasteiger partial charge in [0.1, 0.15) is 5.82 Å². The molecule has 0 amide bonds. The predicted molar refractivity (Wildman–Crippen MR) is 74.1 cm³/mol. The Labute approximate surface area is 116 Å². The van der Waals surface area contributed by atoms with Crippen molar-refractivity contribution in [3.05, 3.63) is 34.1 Å². The summed E-state index contributed by atoms with van der Waals surface area (Å²) in [5.74, 6) is -0.232. The highest BCUT2D eigenvalue weighted by molar-refractivity contribution is 9.10. The first-order valence-electron chi connectivity index (χ1n) is 6.33. The zero-order chi connectivity index (χ0) is 13.2. The van der Waals surface area contributed by atoms with E-state index in [1.165, 1.54) is 6.07 Å². The number of halogens is 2. The van der Waals surface area contributed by atoms with E-state index in [1.807, 2.05) is 0 Å². The van der Waals surface area contributed by atoms with E-state index in [1.54, 1.807) is 12.1 Å². The summed E-state index contributed by atoms with van der Waals surface area (Å²) in [5, 5.41) is 10.6. The summed E-state index contributed by atoms with van der Waals surface area (Å²) < 4.78 is 14.6. The predicted octanol–water partition coefficient (Wildman–Crippen LogP) is 2.98. The van der Waals surface area contributed by atoms with Crippen LogP contribution in [0.1, 0.15) is 24.8 Å². The van der Waals surface area contributed by atoms with Crippen LogP contribution in [0, 0.1) is 5.82 Å². The summed E-state index contributed by atoms with van der Waals surface area (Å²) in [5.41, 5.74) is -0.178. The summed E-state index contributed by atoms with van der Waals surface area (Å²) in [6, 6.07) is 4.90. The van der Waals surface area contributed by atoms with E-state index in [2.05, 4.69) is 27.9 Å². The van der Waals surface area contributed by atoms with Crippen LogP contribution in [0.2, 0.25) is 0 Å². The lowest BCUT2D eigenvalue weighted by Crippen LogP contribution is -2.33. The molecule has 1 N–H and O–H groups in total. The molecule has 0 radical (unpaired) electrons. The van der Waals surface area contributed by atoms with Gasteiger partial charge in [0.25, 0.3) is 0 Å². The Kier molecular flexibility index (Phi) is 4.41. The number of aliphatic hydroxyl groups is 1. The molecule has 0 spiro atoms. The molecule has 0 aliphatic carbocycles. The van der Waals surface area contributed by atoms with E-state index in [4.69, 9.17) is 0 Å². The van der Waals surface area contributed by atoms with Crippen LogP contribution in [-0.2, 0) is 6.42 Å². The van der Waals surface area contributed by atoms with Crippen LogP contribution in [0.3, 0.4) is 0 Å². The van der Waals surface area contributed by atoms with E-state index in [-0.39, 0.29) is 5.82 Å². The fourth-order valence-electron chi connectivity index (χ4n) is 2.52. The van der Waals surface area contributed by atoms with Crippen molar-refractivity contribution in [2.45, 2.75) is 31.3 Å². The van der Waals surface area contributed by atoms with Crippen molar-refractivity contribution in [3.8, 4) is 0 Å². The molecule has 1 aliphatic rings. The molecule has 100 valence electrons. The van der Waals surface area contributed by atoms with Gasteiger partial charge < -0.3 is 10.0 Å². The maximum absolute atomic E-state index is 13.7. The molecule has 18 heavy (non-hydrogen) atoms. The fraction of sp³-hybridized carbons (Fsp3) is 0.571. The first-order valence-corrected chi connectivity index (χ1v) is 7.13. The number of benzene rings is 1. The molecule has 0 bridgehead atoms. The largest absolute Gasteiger partial charge is 0.389 e. The molecular weight excluding hydrogens is 297 g/mol. The normalized spacial score (nSPS) is 26.0. The zero-order valence-electron chi connectivity index (χ0n) is 10.6. The SMILES string of the molecule is CN1CCCC(O)(Cc2cc(Br)ccc2F)CC1. The highest BCUT2D eigenvalue weighted by Gasteiger charge is 2.30. The average molecular weight is 316 g/mol. The highest BCUT2D eigenvalue weighted by atomic mass is 79.9. The monoisotopic (exact) mass is 315 g/mol. The molecule has 1 unspecified atom stereocenters. The molecule has 0 aromatic heterocycles. The van der Waals surface area contributed by atoms with Gasteiger partial charge in [-0.15, -0.1) is 0 Å². The maximum Gasteiger partial charge on any atom is 0.126 e. The van der Waals surface area contributed by atoms with E-state index in [9.17, 15) is 9.50 Å². The molecule has 2 nitrogen and oxygen atoms in total. The lowest BCUT2D eigenvalue weighted by molar-refractivity contribution is 0.0255. The van der Waals surface area contributed by atoms with Gasteiger partial charge >= 0.3 is 0 Å². The first-order chi connectivity index (χ1) is 8.48. The van der Waals surface area contributed by atoms with Crippen molar-refractivity contribution in [1.82, 2.24) is 4.90 Å². The van der Waals surface area contributed by atoms with Crippen LogP contribution >= 0.6 is 15.9 Å². The Morgan fingerprint density at radius 1 is 1.39 bits per heavy atom. The van der Waals surface area contributed by atoms with Gasteiger partial charge in [0.05, 0.1) is 5.60 Å². The van der Waals surface area contributed by atoms with Crippen LogP contribution in [-0.4, -0.2) is 35.7 Å². The number of rotatable bonds is 2. The van der Waals surface area contributed by atoms with Crippen molar-refractivity contribution in [2.24, 2.45) is 0 Å². The van der Waals surface area contributed by atoms with Gasteiger partial charge in [0, 0.05) is 17.4 Å². The van der Waals surface area contributed by atoms with Crippen molar-refractivity contribution in [2.75, 3.05) is 20.1 Å². The van der Waals surface area contributed by atoms with Gasteiger partial charge in [0.2, 0.25) is 0 Å². The molecule has 1 aromatic carbocycles. The summed E-state index contributed by atoms with van der Waals surface area (Å²) in [6.07, 6.45) is 2.80. The van der Waals surface area contributed by atoms with Crippen LogP contribution in [0.4, 0.5) is 4.39 Å². The molecule has 1 heterocycles. The van der Waals surface area contributed by atoms with Crippen molar-refractivity contribution >= 4 is 15.9 Å². The Hall–Kier alpha value is -0.450. The van der Waals surface area contributed by atoms with E-state index < -0.39 is 5.60 Å². The minimum Gasteiger partial charge on any atom is -0.389 e. The molecule has 0 saturated carbocycles. The molecule has 1 aromatic rings. The molecular formula is C14H19BrFNO. The number of hydrogen-bond acceptors (Lipinski definition) is 2. The fourth-order valence-corrected chi connectivity index (χ4v) is 2.93. The van der Waals surface area contributed by atoms with Gasteiger partial charge in [0.15, 0.2) is 0 Å². The minimum absolute atomic E-state index is 0.232. The second kappa shape index (κ2) is 5.68. The highest BCUT2D eigenvalue weighted by Crippen LogP contribution is 2.28. The van der Waals surface area contributed by atoms with Gasteiger partial charge in [-0.2, -0.15) is 0 Å². The standard InChI is InChI=1S/C14H19BrFNO/c1-17-7-2-5-14(18,6-8-17)10-11-9-12(15)3-4-13(11)16/h3-4,9,18H,2,5-8,10H2,1H3. The van der Waals surface area contributed by atoms with Crippen LogP contribution in [0.25, 0.3) is 0 Å². The van der Waals surface area contributed by atoms with Gasteiger partial charge in [-0.05, 0) is 56.6 Å². The summed E-state index contributed by atoms with van der Waals surface area (Å²) >= 11 is 3.35. The third-order valence-corrected chi connectivity index (χ3v) is 4.16. The number of likely N-dealkylation sites (tertiary alicyclic amines) is 1. The average Bonchev–Trinajstić information content (AvgIpc) is 2.47. The number of hydrogen-bond donors (Lipinski definition) is 1. The van der Waals surface area contributed by atoms with Crippen molar-refractivity contribution in [3.63, 3.8) is 0 Å². The van der Waals surface area contributed by atoms with E-state index in [0.717, 1.165) is 30.4 Å². The lowest BCUT2D eigenvalue weighted by atomic mass is 9.87. The van der Waals surface area contributed by atoms with Crippen LogP contribution in [0.5, 0.6) is 0 Å². The molecule has 1 aliphatic heterocycles.